The van der Waals surface area contributed by atoms with E-state index in [1.54, 1.807) is 0 Å². The van der Waals surface area contributed by atoms with Gasteiger partial charge in [-0.15, -0.1) is 0 Å². The van der Waals surface area contributed by atoms with Gasteiger partial charge in [-0.2, -0.15) is 0 Å². The van der Waals surface area contributed by atoms with E-state index < -0.39 is 11.6 Å². The zero-order valence-electron chi connectivity index (χ0n) is 12.4. The smallest absolute Gasteiger partial charge is 0.161 e. The van der Waals surface area contributed by atoms with Gasteiger partial charge in [-0.3, -0.25) is 9.88 Å². The maximum atomic E-state index is 13.3. The lowest BCUT2D eigenvalue weighted by molar-refractivity contribution is 0.0368. The fourth-order valence-corrected chi connectivity index (χ4v) is 2.55. The van der Waals surface area contributed by atoms with E-state index in [4.69, 9.17) is 4.74 Å². The number of nitrogens with one attached hydrogen (secondary N) is 1. The van der Waals surface area contributed by atoms with E-state index >= 15 is 0 Å². The Hall–Kier alpha value is -1.86. The highest BCUT2D eigenvalue weighted by Crippen LogP contribution is 2.17. The molecule has 0 saturated carbocycles. The van der Waals surface area contributed by atoms with Crippen LogP contribution >= 0.6 is 0 Å². The van der Waals surface area contributed by atoms with Gasteiger partial charge >= 0.3 is 0 Å². The summed E-state index contributed by atoms with van der Waals surface area (Å²) in [5.74, 6) is -1.28. The van der Waals surface area contributed by atoms with Crippen molar-refractivity contribution in [2.45, 2.75) is 13.0 Å². The van der Waals surface area contributed by atoms with Crippen LogP contribution in [0.5, 0.6) is 0 Å². The van der Waals surface area contributed by atoms with Crippen LogP contribution in [0.3, 0.4) is 0 Å². The maximum Gasteiger partial charge on any atom is 0.161 e. The van der Waals surface area contributed by atoms with E-state index in [0.717, 1.165) is 45.0 Å². The summed E-state index contributed by atoms with van der Waals surface area (Å²) in [4.78, 5) is 10.7. The zero-order valence-corrected chi connectivity index (χ0v) is 12.4. The molecule has 2 heterocycles. The molecule has 1 fully saturated rings. The number of benzene rings is 1. The number of rotatable bonds is 4. The summed E-state index contributed by atoms with van der Waals surface area (Å²) < 4.78 is 31.7. The standard InChI is InChI=1S/C15H18F2N4O/c1-10(9-21-2-4-22-5-3-21)19-15-8-18-13-6-11(16)12(17)7-14(13)20-15/h6-8,10H,2-5,9H2,1H3,(H,19,20). The van der Waals surface area contributed by atoms with Gasteiger partial charge in [0.15, 0.2) is 11.6 Å². The summed E-state index contributed by atoms with van der Waals surface area (Å²) in [7, 11) is 0. The lowest BCUT2D eigenvalue weighted by Crippen LogP contribution is -2.42. The van der Waals surface area contributed by atoms with E-state index in [0.29, 0.717) is 16.9 Å². The van der Waals surface area contributed by atoms with Crippen molar-refractivity contribution in [3.8, 4) is 0 Å². The number of nitrogens with zero attached hydrogens (tertiary/aromatic N) is 3. The third-order valence-electron chi connectivity index (χ3n) is 3.61. The molecule has 3 rings (SSSR count). The molecule has 0 amide bonds. The van der Waals surface area contributed by atoms with E-state index in [1.807, 2.05) is 6.92 Å². The van der Waals surface area contributed by atoms with Crippen LogP contribution in [0.2, 0.25) is 0 Å². The Morgan fingerprint density at radius 1 is 1.23 bits per heavy atom. The number of hydrogen-bond acceptors (Lipinski definition) is 5. The van der Waals surface area contributed by atoms with Gasteiger partial charge in [-0.25, -0.2) is 13.8 Å². The van der Waals surface area contributed by atoms with Crippen molar-refractivity contribution in [1.29, 1.82) is 0 Å². The first-order valence-corrected chi connectivity index (χ1v) is 7.30. The highest BCUT2D eigenvalue weighted by atomic mass is 19.2. The van der Waals surface area contributed by atoms with Crippen LogP contribution in [-0.2, 0) is 4.74 Å². The molecular formula is C15H18F2N4O. The summed E-state index contributed by atoms with van der Waals surface area (Å²) in [5.41, 5.74) is 0.674. The van der Waals surface area contributed by atoms with Crippen molar-refractivity contribution in [3.05, 3.63) is 30.0 Å². The molecule has 118 valence electrons. The molecule has 2 aromatic rings. The average Bonchev–Trinajstić information content (AvgIpc) is 2.49. The van der Waals surface area contributed by atoms with Crippen LogP contribution in [0.15, 0.2) is 18.3 Å². The summed E-state index contributed by atoms with van der Waals surface area (Å²) >= 11 is 0. The first kappa shape index (κ1) is 15.1. The molecule has 1 unspecified atom stereocenters. The predicted molar refractivity (Wildman–Crippen MR) is 79.8 cm³/mol. The van der Waals surface area contributed by atoms with Gasteiger partial charge in [0.25, 0.3) is 0 Å². The Morgan fingerprint density at radius 3 is 2.64 bits per heavy atom. The minimum Gasteiger partial charge on any atom is -0.379 e. The number of aromatic nitrogens is 2. The van der Waals surface area contributed by atoms with Gasteiger partial charge in [0, 0.05) is 37.8 Å². The van der Waals surface area contributed by atoms with Crippen LogP contribution in [-0.4, -0.2) is 53.8 Å². The number of hydrogen-bond donors (Lipinski definition) is 1. The van der Waals surface area contributed by atoms with Crippen LogP contribution < -0.4 is 5.32 Å². The molecule has 1 aromatic heterocycles. The number of halogens is 2. The van der Waals surface area contributed by atoms with E-state index in [1.165, 1.54) is 6.20 Å². The Labute approximate surface area is 127 Å². The molecule has 0 aliphatic carbocycles. The van der Waals surface area contributed by atoms with E-state index in [2.05, 4.69) is 20.2 Å². The van der Waals surface area contributed by atoms with Crippen molar-refractivity contribution in [1.82, 2.24) is 14.9 Å². The third-order valence-corrected chi connectivity index (χ3v) is 3.61. The Balaban J connectivity index is 1.69. The Morgan fingerprint density at radius 2 is 1.91 bits per heavy atom. The largest absolute Gasteiger partial charge is 0.379 e. The van der Waals surface area contributed by atoms with Crippen LogP contribution in [0, 0.1) is 11.6 Å². The Bertz CT molecular complexity index is 661. The molecule has 1 aromatic carbocycles. The molecule has 5 nitrogen and oxygen atoms in total. The summed E-state index contributed by atoms with van der Waals surface area (Å²) in [5, 5.41) is 3.24. The van der Waals surface area contributed by atoms with Crippen molar-refractivity contribution in [2.75, 3.05) is 38.2 Å². The summed E-state index contributed by atoms with van der Waals surface area (Å²) in [6.07, 6.45) is 1.54. The van der Waals surface area contributed by atoms with Gasteiger partial charge in [0.05, 0.1) is 30.4 Å². The highest BCUT2D eigenvalue weighted by Gasteiger charge is 2.14. The topological polar surface area (TPSA) is 50.3 Å². The second-order valence-corrected chi connectivity index (χ2v) is 5.47. The third kappa shape index (κ3) is 3.48. The first-order valence-electron chi connectivity index (χ1n) is 7.30. The molecule has 0 spiro atoms. The molecule has 1 N–H and O–H groups in total. The minimum absolute atomic E-state index is 0.162. The normalized spacial score (nSPS) is 17.6. The molecule has 1 saturated heterocycles. The molecule has 0 radical (unpaired) electrons. The molecule has 0 bridgehead atoms. The van der Waals surface area contributed by atoms with Gasteiger partial charge in [-0.05, 0) is 6.92 Å². The monoisotopic (exact) mass is 308 g/mol. The van der Waals surface area contributed by atoms with Crippen LogP contribution in [0.1, 0.15) is 6.92 Å². The maximum absolute atomic E-state index is 13.3. The summed E-state index contributed by atoms with van der Waals surface area (Å²) in [6.45, 7) is 6.26. The van der Waals surface area contributed by atoms with Crippen molar-refractivity contribution in [2.24, 2.45) is 0 Å². The van der Waals surface area contributed by atoms with Crippen molar-refractivity contribution < 1.29 is 13.5 Å². The minimum atomic E-state index is -0.916. The van der Waals surface area contributed by atoms with Crippen LogP contribution in [0.4, 0.5) is 14.6 Å². The van der Waals surface area contributed by atoms with E-state index in [9.17, 15) is 8.78 Å². The molecule has 1 aliphatic heterocycles. The lowest BCUT2D eigenvalue weighted by atomic mass is 10.2. The molecular weight excluding hydrogens is 290 g/mol. The van der Waals surface area contributed by atoms with Crippen LogP contribution in [0.25, 0.3) is 11.0 Å². The second kappa shape index (κ2) is 6.50. The number of morpholine rings is 1. The second-order valence-electron chi connectivity index (χ2n) is 5.47. The zero-order chi connectivity index (χ0) is 15.5. The van der Waals surface area contributed by atoms with Gasteiger partial charge in [0.1, 0.15) is 5.82 Å². The Kier molecular flexibility index (Phi) is 4.44. The van der Waals surface area contributed by atoms with Crippen molar-refractivity contribution in [3.63, 3.8) is 0 Å². The average molecular weight is 308 g/mol. The number of ether oxygens (including phenoxy) is 1. The quantitative estimate of drug-likeness (QED) is 0.937. The number of anilines is 1. The fourth-order valence-electron chi connectivity index (χ4n) is 2.55. The fraction of sp³-hybridized carbons (Fsp3) is 0.467. The van der Waals surface area contributed by atoms with Gasteiger partial charge < -0.3 is 10.1 Å². The summed E-state index contributed by atoms with van der Waals surface area (Å²) in [6, 6.07) is 2.28. The lowest BCUT2D eigenvalue weighted by Gasteiger charge is -2.29. The SMILES string of the molecule is CC(CN1CCOCC1)Nc1cnc2cc(F)c(F)cc2n1. The highest BCUT2D eigenvalue weighted by molar-refractivity contribution is 5.75. The predicted octanol–water partition coefficient (Wildman–Crippen LogP) is 2.04. The molecule has 1 atom stereocenters. The first-order chi connectivity index (χ1) is 10.6. The molecule has 22 heavy (non-hydrogen) atoms. The molecule has 1 aliphatic rings. The molecule has 7 heteroatoms. The van der Waals surface area contributed by atoms with E-state index in [-0.39, 0.29) is 6.04 Å². The number of fused-ring (bicyclic) bond motifs is 1. The van der Waals surface area contributed by atoms with Crippen molar-refractivity contribution >= 4 is 16.9 Å². The van der Waals surface area contributed by atoms with Gasteiger partial charge in [0.2, 0.25) is 0 Å². The van der Waals surface area contributed by atoms with Gasteiger partial charge in [-0.1, -0.05) is 0 Å².